The summed E-state index contributed by atoms with van der Waals surface area (Å²) in [6.45, 7) is 3.55. The van der Waals surface area contributed by atoms with E-state index in [1.165, 1.54) is 6.07 Å². The molecule has 0 aromatic heterocycles. The third kappa shape index (κ3) is 3.17. The van der Waals surface area contributed by atoms with Gasteiger partial charge < -0.3 is 0 Å². The van der Waals surface area contributed by atoms with Crippen molar-refractivity contribution in [2.45, 2.75) is 31.2 Å². The second-order valence-corrected chi connectivity index (χ2v) is 5.62. The molecule has 1 aromatic rings. The summed E-state index contributed by atoms with van der Waals surface area (Å²) < 4.78 is 39.2. The molecule has 0 fully saturated rings. The molecule has 1 aromatic carbocycles. The Morgan fingerprint density at radius 1 is 1.50 bits per heavy atom. The molecule has 1 N–H and O–H groups in total. The maximum atomic E-state index is 13.4. The van der Waals surface area contributed by atoms with Crippen molar-refractivity contribution in [3.8, 4) is 0 Å². The summed E-state index contributed by atoms with van der Waals surface area (Å²) in [6.07, 6.45) is 0.633. The van der Waals surface area contributed by atoms with E-state index < -0.39 is 15.8 Å². The molecule has 0 saturated carbocycles. The van der Waals surface area contributed by atoms with Gasteiger partial charge in [0.2, 0.25) is 10.0 Å². The van der Waals surface area contributed by atoms with E-state index in [1.54, 1.807) is 6.92 Å². The van der Waals surface area contributed by atoms with Crippen LogP contribution in [0.5, 0.6) is 0 Å². The second-order valence-electron chi connectivity index (χ2n) is 3.51. The molecule has 0 saturated heterocycles. The molecule has 0 aliphatic heterocycles. The minimum Gasteiger partial charge on any atom is -0.208 e. The van der Waals surface area contributed by atoms with Gasteiger partial charge in [-0.25, -0.2) is 17.5 Å². The Morgan fingerprint density at radius 2 is 2.12 bits per heavy atom. The highest BCUT2D eigenvalue weighted by atomic mass is 35.5. The van der Waals surface area contributed by atoms with Crippen molar-refractivity contribution in [3.63, 3.8) is 0 Å². The van der Waals surface area contributed by atoms with Crippen molar-refractivity contribution in [2.75, 3.05) is 0 Å². The van der Waals surface area contributed by atoms with Gasteiger partial charge in [-0.2, -0.15) is 0 Å². The number of halogens is 2. The molecule has 0 radical (unpaired) electrons. The quantitative estimate of drug-likeness (QED) is 0.909. The number of nitrogens with one attached hydrogen (secondary N) is 1. The normalized spacial score (nSPS) is 13.8. The molecule has 6 heteroatoms. The van der Waals surface area contributed by atoms with Crippen LogP contribution < -0.4 is 4.72 Å². The summed E-state index contributed by atoms with van der Waals surface area (Å²) >= 11 is 5.54. The fraction of sp³-hybridized carbons (Fsp3) is 0.400. The lowest BCUT2D eigenvalue weighted by molar-refractivity contribution is 0.539. The molecule has 1 rings (SSSR count). The SMILES string of the molecule is CCC(C)NS(=O)(=O)c1ccc(Cl)cc1F. The van der Waals surface area contributed by atoms with Crippen LogP contribution in [-0.4, -0.2) is 14.5 Å². The minimum atomic E-state index is -3.80. The van der Waals surface area contributed by atoms with Gasteiger partial charge in [0.25, 0.3) is 0 Å². The van der Waals surface area contributed by atoms with Crippen LogP contribution in [0.1, 0.15) is 20.3 Å². The van der Waals surface area contributed by atoms with Gasteiger partial charge >= 0.3 is 0 Å². The van der Waals surface area contributed by atoms with Crippen LogP contribution in [0.15, 0.2) is 23.1 Å². The molecular weight excluding hydrogens is 253 g/mol. The summed E-state index contributed by atoms with van der Waals surface area (Å²) in [7, 11) is -3.80. The fourth-order valence-corrected chi connectivity index (χ4v) is 2.65. The summed E-state index contributed by atoms with van der Waals surface area (Å²) in [4.78, 5) is -0.378. The third-order valence-electron chi connectivity index (χ3n) is 2.15. The van der Waals surface area contributed by atoms with E-state index in [0.29, 0.717) is 6.42 Å². The zero-order valence-corrected chi connectivity index (χ0v) is 10.6. The largest absolute Gasteiger partial charge is 0.243 e. The first kappa shape index (κ1) is 13.4. The zero-order valence-electron chi connectivity index (χ0n) is 9.00. The molecule has 0 aliphatic rings. The van der Waals surface area contributed by atoms with Crippen LogP contribution in [0.2, 0.25) is 5.02 Å². The average Bonchev–Trinajstić information content (AvgIpc) is 2.16. The monoisotopic (exact) mass is 265 g/mol. The summed E-state index contributed by atoms with van der Waals surface area (Å²) in [5.74, 6) is -0.844. The first-order valence-corrected chi connectivity index (χ1v) is 6.70. The first-order valence-electron chi connectivity index (χ1n) is 4.84. The predicted octanol–water partition coefficient (Wildman–Crippen LogP) is 2.56. The Bertz CT molecular complexity index is 476. The van der Waals surface area contributed by atoms with E-state index in [0.717, 1.165) is 12.1 Å². The number of hydrogen-bond acceptors (Lipinski definition) is 2. The van der Waals surface area contributed by atoms with E-state index >= 15 is 0 Å². The zero-order chi connectivity index (χ0) is 12.3. The van der Waals surface area contributed by atoms with E-state index in [-0.39, 0.29) is 16.0 Å². The van der Waals surface area contributed by atoms with E-state index in [4.69, 9.17) is 11.6 Å². The molecule has 0 amide bonds. The number of sulfonamides is 1. The summed E-state index contributed by atoms with van der Waals surface area (Å²) in [5, 5.41) is 0.167. The topological polar surface area (TPSA) is 46.2 Å². The van der Waals surface area contributed by atoms with Gasteiger partial charge in [-0.1, -0.05) is 18.5 Å². The first-order chi connectivity index (χ1) is 7.36. The maximum Gasteiger partial charge on any atom is 0.243 e. The molecule has 0 spiro atoms. The van der Waals surface area contributed by atoms with Gasteiger partial charge in [-0.3, -0.25) is 0 Å². The van der Waals surface area contributed by atoms with Gasteiger partial charge in [0.1, 0.15) is 10.7 Å². The molecule has 16 heavy (non-hydrogen) atoms. The molecule has 0 aliphatic carbocycles. The number of benzene rings is 1. The van der Waals surface area contributed by atoms with Crippen molar-refractivity contribution in [2.24, 2.45) is 0 Å². The standard InChI is InChI=1S/C10H13ClFNO2S/c1-3-7(2)13-16(14,15)10-5-4-8(11)6-9(10)12/h4-7,13H,3H2,1-2H3. The van der Waals surface area contributed by atoms with Crippen molar-refractivity contribution in [1.29, 1.82) is 0 Å². The molecule has 90 valence electrons. The molecule has 0 heterocycles. The van der Waals surface area contributed by atoms with E-state index in [2.05, 4.69) is 4.72 Å². The average molecular weight is 266 g/mol. The second kappa shape index (κ2) is 5.12. The number of hydrogen-bond donors (Lipinski definition) is 1. The Labute approximate surface area is 99.7 Å². The smallest absolute Gasteiger partial charge is 0.208 e. The fourth-order valence-electron chi connectivity index (χ4n) is 1.10. The molecular formula is C10H13ClFNO2S. The Morgan fingerprint density at radius 3 is 2.62 bits per heavy atom. The van der Waals surface area contributed by atoms with Gasteiger partial charge in [0.05, 0.1) is 0 Å². The van der Waals surface area contributed by atoms with Crippen molar-refractivity contribution < 1.29 is 12.8 Å². The highest BCUT2D eigenvalue weighted by Gasteiger charge is 2.20. The number of rotatable bonds is 4. The maximum absolute atomic E-state index is 13.4. The van der Waals surface area contributed by atoms with Crippen molar-refractivity contribution in [3.05, 3.63) is 29.0 Å². The molecule has 1 unspecified atom stereocenters. The van der Waals surface area contributed by atoms with E-state index in [9.17, 15) is 12.8 Å². The Kier molecular flexibility index (Phi) is 4.29. The van der Waals surface area contributed by atoms with Crippen LogP contribution >= 0.6 is 11.6 Å². The Balaban J connectivity index is 3.08. The lowest BCUT2D eigenvalue weighted by atomic mass is 10.3. The lowest BCUT2D eigenvalue weighted by Gasteiger charge is -2.12. The summed E-state index contributed by atoms with van der Waals surface area (Å²) in [5.41, 5.74) is 0. The van der Waals surface area contributed by atoms with Crippen molar-refractivity contribution >= 4 is 21.6 Å². The van der Waals surface area contributed by atoms with Gasteiger partial charge in [0.15, 0.2) is 0 Å². The van der Waals surface area contributed by atoms with Gasteiger partial charge in [-0.05, 0) is 31.5 Å². The summed E-state index contributed by atoms with van der Waals surface area (Å²) in [6, 6.07) is 3.24. The molecule has 1 atom stereocenters. The highest BCUT2D eigenvalue weighted by Crippen LogP contribution is 2.19. The van der Waals surface area contributed by atoms with Gasteiger partial charge in [0, 0.05) is 11.1 Å². The lowest BCUT2D eigenvalue weighted by Crippen LogP contribution is -2.32. The van der Waals surface area contributed by atoms with E-state index in [1.807, 2.05) is 6.92 Å². The third-order valence-corrected chi connectivity index (χ3v) is 4.01. The van der Waals surface area contributed by atoms with Crippen molar-refractivity contribution in [1.82, 2.24) is 4.72 Å². The Hall–Kier alpha value is -0.650. The van der Waals surface area contributed by atoms with Gasteiger partial charge in [-0.15, -0.1) is 0 Å². The van der Waals surface area contributed by atoms with Crippen LogP contribution in [0.25, 0.3) is 0 Å². The van der Waals surface area contributed by atoms with Crippen LogP contribution in [-0.2, 0) is 10.0 Å². The van der Waals surface area contributed by atoms with Crippen LogP contribution in [0, 0.1) is 5.82 Å². The predicted molar refractivity (Wildman–Crippen MR) is 61.5 cm³/mol. The van der Waals surface area contributed by atoms with Crippen LogP contribution in [0.3, 0.4) is 0 Å². The molecule has 0 bridgehead atoms. The highest BCUT2D eigenvalue weighted by molar-refractivity contribution is 7.89. The minimum absolute atomic E-state index is 0.167. The van der Waals surface area contributed by atoms with Crippen LogP contribution in [0.4, 0.5) is 4.39 Å². The molecule has 3 nitrogen and oxygen atoms in total.